The maximum absolute atomic E-state index is 9.92. The highest BCUT2D eigenvalue weighted by molar-refractivity contribution is 6.32. The molecule has 0 amide bonds. The number of phenolic OH excluding ortho intramolecular Hbond substituents is 1. The summed E-state index contributed by atoms with van der Waals surface area (Å²) in [6.45, 7) is 0.416. The van der Waals surface area contributed by atoms with Gasteiger partial charge in [0.15, 0.2) is 11.5 Å². The van der Waals surface area contributed by atoms with E-state index in [9.17, 15) is 5.11 Å². The molecule has 1 aromatic heterocycles. The van der Waals surface area contributed by atoms with Crippen molar-refractivity contribution in [1.82, 2.24) is 4.98 Å². The Kier molecular flexibility index (Phi) is 3.89. The number of anilines is 1. The number of nitrogens with zero attached hydrogens (tertiary/aromatic N) is 1. The number of methoxy groups -OCH3 is 1. The van der Waals surface area contributed by atoms with Crippen molar-refractivity contribution in [3.8, 4) is 11.5 Å². The van der Waals surface area contributed by atoms with Crippen molar-refractivity contribution in [3.05, 3.63) is 47.1 Å². The molecule has 0 saturated carbocycles. The molecule has 1 heterocycles. The monoisotopic (exact) mass is 264 g/mol. The molecule has 2 N–H and O–H groups in total. The van der Waals surface area contributed by atoms with Crippen molar-refractivity contribution in [3.63, 3.8) is 0 Å². The first kappa shape index (κ1) is 12.5. The Hall–Kier alpha value is -1.94. The van der Waals surface area contributed by atoms with Crippen molar-refractivity contribution in [2.45, 2.75) is 6.54 Å². The van der Waals surface area contributed by atoms with Gasteiger partial charge in [-0.2, -0.15) is 0 Å². The summed E-state index contributed by atoms with van der Waals surface area (Å²) in [5.41, 5.74) is 0.719. The normalized spacial score (nSPS) is 10.1. The van der Waals surface area contributed by atoms with Crippen molar-refractivity contribution in [1.29, 1.82) is 0 Å². The summed E-state index contributed by atoms with van der Waals surface area (Å²) >= 11 is 5.98. The minimum absolute atomic E-state index is 0.125. The number of pyridine rings is 1. The number of rotatable bonds is 4. The van der Waals surface area contributed by atoms with Gasteiger partial charge in [-0.15, -0.1) is 0 Å². The van der Waals surface area contributed by atoms with Gasteiger partial charge in [0.25, 0.3) is 0 Å². The SMILES string of the molecule is COc1cccc(CNc2ncccc2Cl)c1O. The zero-order valence-corrected chi connectivity index (χ0v) is 10.6. The van der Waals surface area contributed by atoms with Crippen LogP contribution < -0.4 is 10.1 Å². The van der Waals surface area contributed by atoms with Crippen LogP contribution in [0.25, 0.3) is 0 Å². The number of nitrogens with one attached hydrogen (secondary N) is 1. The van der Waals surface area contributed by atoms with Crippen LogP contribution in [-0.4, -0.2) is 17.2 Å². The second kappa shape index (κ2) is 5.60. The number of phenols is 1. The van der Waals surface area contributed by atoms with E-state index >= 15 is 0 Å². The van der Waals surface area contributed by atoms with Crippen molar-refractivity contribution in [2.75, 3.05) is 12.4 Å². The zero-order chi connectivity index (χ0) is 13.0. The molecular formula is C13H13ClN2O2. The predicted octanol–water partition coefficient (Wildman–Crippen LogP) is 3.06. The quantitative estimate of drug-likeness (QED) is 0.891. The molecule has 2 rings (SSSR count). The average molecular weight is 265 g/mol. The Morgan fingerprint density at radius 3 is 2.89 bits per heavy atom. The Morgan fingerprint density at radius 2 is 2.17 bits per heavy atom. The number of benzene rings is 1. The lowest BCUT2D eigenvalue weighted by atomic mass is 10.2. The van der Waals surface area contributed by atoms with Crippen LogP contribution in [0.4, 0.5) is 5.82 Å². The van der Waals surface area contributed by atoms with Gasteiger partial charge < -0.3 is 15.2 Å². The molecule has 0 saturated heterocycles. The van der Waals surface area contributed by atoms with Crippen molar-refractivity contribution in [2.24, 2.45) is 0 Å². The van der Waals surface area contributed by atoms with E-state index in [0.29, 0.717) is 23.1 Å². The smallest absolute Gasteiger partial charge is 0.162 e. The molecule has 0 spiro atoms. The molecule has 0 aliphatic carbocycles. The first-order chi connectivity index (χ1) is 8.72. The highest BCUT2D eigenvalue weighted by Crippen LogP contribution is 2.30. The lowest BCUT2D eigenvalue weighted by molar-refractivity contribution is 0.371. The molecule has 1 aromatic carbocycles. The number of aromatic hydroxyl groups is 1. The van der Waals surface area contributed by atoms with E-state index in [1.165, 1.54) is 7.11 Å². The van der Waals surface area contributed by atoms with Crippen LogP contribution in [0.2, 0.25) is 5.02 Å². The fourth-order valence-corrected chi connectivity index (χ4v) is 1.76. The van der Waals surface area contributed by atoms with Gasteiger partial charge in [0.05, 0.1) is 12.1 Å². The summed E-state index contributed by atoms with van der Waals surface area (Å²) in [4.78, 5) is 4.11. The number of halogens is 1. The van der Waals surface area contributed by atoms with E-state index in [0.717, 1.165) is 5.56 Å². The first-order valence-electron chi connectivity index (χ1n) is 5.41. The molecule has 0 radical (unpaired) electrons. The summed E-state index contributed by atoms with van der Waals surface area (Å²) in [6, 6.07) is 8.84. The van der Waals surface area contributed by atoms with E-state index < -0.39 is 0 Å². The van der Waals surface area contributed by atoms with Crippen LogP contribution in [0, 0.1) is 0 Å². The number of aromatic nitrogens is 1. The topological polar surface area (TPSA) is 54.4 Å². The van der Waals surface area contributed by atoms with Gasteiger partial charge in [-0.05, 0) is 18.2 Å². The molecule has 0 aliphatic heterocycles. The van der Waals surface area contributed by atoms with Gasteiger partial charge in [0, 0.05) is 18.3 Å². The largest absolute Gasteiger partial charge is 0.504 e. The van der Waals surface area contributed by atoms with E-state index in [1.54, 1.807) is 24.4 Å². The summed E-state index contributed by atoms with van der Waals surface area (Å²) in [5, 5.41) is 13.5. The summed E-state index contributed by atoms with van der Waals surface area (Å²) < 4.78 is 5.04. The minimum atomic E-state index is 0.125. The second-order valence-electron chi connectivity index (χ2n) is 3.66. The molecule has 5 heteroatoms. The fraction of sp³-hybridized carbons (Fsp3) is 0.154. The molecule has 2 aromatic rings. The minimum Gasteiger partial charge on any atom is -0.504 e. The highest BCUT2D eigenvalue weighted by Gasteiger charge is 2.07. The van der Waals surface area contributed by atoms with Crippen LogP contribution in [0.5, 0.6) is 11.5 Å². The average Bonchev–Trinajstić information content (AvgIpc) is 2.39. The lowest BCUT2D eigenvalue weighted by Gasteiger charge is -2.10. The molecular weight excluding hydrogens is 252 g/mol. The maximum Gasteiger partial charge on any atom is 0.162 e. The standard InChI is InChI=1S/C13H13ClN2O2/c1-18-11-6-2-4-9(12(11)17)8-16-13-10(14)5-3-7-15-13/h2-7,17H,8H2,1H3,(H,15,16). The van der Waals surface area contributed by atoms with Gasteiger partial charge in [0.1, 0.15) is 5.82 Å². The van der Waals surface area contributed by atoms with Crippen LogP contribution in [0.15, 0.2) is 36.5 Å². The fourth-order valence-electron chi connectivity index (χ4n) is 1.57. The number of hydrogen-bond donors (Lipinski definition) is 2. The van der Waals surface area contributed by atoms with Crippen LogP contribution in [0.3, 0.4) is 0 Å². The predicted molar refractivity (Wildman–Crippen MR) is 71.2 cm³/mol. The highest BCUT2D eigenvalue weighted by atomic mass is 35.5. The zero-order valence-electron chi connectivity index (χ0n) is 9.85. The van der Waals surface area contributed by atoms with E-state index in [1.807, 2.05) is 12.1 Å². The third-order valence-electron chi connectivity index (χ3n) is 2.51. The summed E-state index contributed by atoms with van der Waals surface area (Å²) in [5.74, 6) is 1.15. The van der Waals surface area contributed by atoms with Crippen LogP contribution in [0.1, 0.15) is 5.56 Å². The molecule has 18 heavy (non-hydrogen) atoms. The Labute approximate surface area is 110 Å². The molecule has 94 valence electrons. The number of para-hydroxylation sites is 1. The second-order valence-corrected chi connectivity index (χ2v) is 4.06. The summed E-state index contributed by atoms with van der Waals surface area (Å²) in [7, 11) is 1.52. The van der Waals surface area contributed by atoms with Gasteiger partial charge in [-0.3, -0.25) is 0 Å². The first-order valence-corrected chi connectivity index (χ1v) is 5.79. The van der Waals surface area contributed by atoms with E-state index in [4.69, 9.17) is 16.3 Å². The van der Waals surface area contributed by atoms with Gasteiger partial charge in [-0.25, -0.2) is 4.98 Å². The summed E-state index contributed by atoms with van der Waals surface area (Å²) in [6.07, 6.45) is 1.65. The number of ether oxygens (including phenoxy) is 1. The van der Waals surface area contributed by atoms with E-state index in [2.05, 4.69) is 10.3 Å². The number of hydrogen-bond acceptors (Lipinski definition) is 4. The van der Waals surface area contributed by atoms with Gasteiger partial charge in [-0.1, -0.05) is 23.7 Å². The molecule has 0 bridgehead atoms. The van der Waals surface area contributed by atoms with Crippen molar-refractivity contribution >= 4 is 17.4 Å². The van der Waals surface area contributed by atoms with E-state index in [-0.39, 0.29) is 5.75 Å². The Balaban J connectivity index is 2.14. The van der Waals surface area contributed by atoms with Crippen molar-refractivity contribution < 1.29 is 9.84 Å². The molecule has 0 atom stereocenters. The van der Waals surface area contributed by atoms with Crippen LogP contribution in [-0.2, 0) is 6.54 Å². The van der Waals surface area contributed by atoms with Gasteiger partial charge in [0.2, 0.25) is 0 Å². The Bertz CT molecular complexity index is 546. The third kappa shape index (κ3) is 2.65. The lowest BCUT2D eigenvalue weighted by Crippen LogP contribution is -2.02. The molecule has 0 aliphatic rings. The maximum atomic E-state index is 9.92. The van der Waals surface area contributed by atoms with Gasteiger partial charge >= 0.3 is 0 Å². The van der Waals surface area contributed by atoms with Crippen LogP contribution >= 0.6 is 11.6 Å². The molecule has 0 fully saturated rings. The Morgan fingerprint density at radius 1 is 1.33 bits per heavy atom. The molecule has 4 nitrogen and oxygen atoms in total. The molecule has 0 unspecified atom stereocenters. The third-order valence-corrected chi connectivity index (χ3v) is 2.81.